The van der Waals surface area contributed by atoms with E-state index in [4.69, 9.17) is 11.6 Å². The Morgan fingerprint density at radius 3 is 2.82 bits per heavy atom. The Balaban J connectivity index is 1.75. The highest BCUT2D eigenvalue weighted by Gasteiger charge is 2.33. The van der Waals surface area contributed by atoms with Gasteiger partial charge < -0.3 is 10.2 Å². The summed E-state index contributed by atoms with van der Waals surface area (Å²) in [5, 5.41) is 2.85. The van der Waals surface area contributed by atoms with Gasteiger partial charge in [-0.1, -0.05) is 24.1 Å². The van der Waals surface area contributed by atoms with E-state index in [-0.39, 0.29) is 15.5 Å². The standard InChI is InChI=1S/C19H19ClN4O3S/c1-12-6-5-7-17(21-12)22-19(25)13-10-16-15(11-14(13)20)24-9-4-2-3-8-18(24)23-28(16,26)27/h5-7,10-11H,2-4,8-9H2,1H3,(H,21,22,25). The van der Waals surface area contributed by atoms with E-state index in [2.05, 4.69) is 14.7 Å². The summed E-state index contributed by atoms with van der Waals surface area (Å²) in [5.74, 6) is 0.392. The van der Waals surface area contributed by atoms with Crippen molar-refractivity contribution in [3.05, 3.63) is 46.6 Å². The van der Waals surface area contributed by atoms with Crippen LogP contribution in [0.15, 0.2) is 39.6 Å². The van der Waals surface area contributed by atoms with E-state index in [1.165, 1.54) is 6.07 Å². The van der Waals surface area contributed by atoms with Crippen LogP contribution in [0.1, 0.15) is 41.7 Å². The zero-order chi connectivity index (χ0) is 19.9. The number of aryl methyl sites for hydroxylation is 1. The number of carbonyl (C=O) groups is 1. The molecule has 0 radical (unpaired) electrons. The number of pyridine rings is 1. The molecule has 0 atom stereocenters. The first-order valence-corrected chi connectivity index (χ1v) is 10.9. The fourth-order valence-corrected chi connectivity index (χ4v) is 4.98. The van der Waals surface area contributed by atoms with Crippen LogP contribution < -0.4 is 10.2 Å². The number of nitrogens with zero attached hydrogens (tertiary/aromatic N) is 3. The molecule has 1 saturated heterocycles. The quantitative estimate of drug-likeness (QED) is 0.801. The van der Waals surface area contributed by atoms with Gasteiger partial charge in [-0.2, -0.15) is 8.42 Å². The van der Waals surface area contributed by atoms with E-state index in [9.17, 15) is 13.2 Å². The molecule has 3 heterocycles. The molecular formula is C19H19ClN4O3S. The van der Waals surface area contributed by atoms with E-state index in [0.717, 1.165) is 25.0 Å². The predicted molar refractivity (Wildman–Crippen MR) is 109 cm³/mol. The van der Waals surface area contributed by atoms with Gasteiger partial charge in [-0.25, -0.2) is 4.98 Å². The summed E-state index contributed by atoms with van der Waals surface area (Å²) in [7, 11) is -3.89. The average molecular weight is 419 g/mol. The third-order valence-electron chi connectivity index (χ3n) is 4.81. The Morgan fingerprint density at radius 2 is 2.04 bits per heavy atom. The maximum atomic E-state index is 12.7. The molecule has 0 bridgehead atoms. The summed E-state index contributed by atoms with van der Waals surface area (Å²) in [4.78, 5) is 18.8. The molecule has 2 aromatic rings. The molecule has 28 heavy (non-hydrogen) atoms. The summed E-state index contributed by atoms with van der Waals surface area (Å²) in [6.07, 6.45) is 3.47. The van der Waals surface area contributed by atoms with Gasteiger partial charge >= 0.3 is 0 Å². The lowest BCUT2D eigenvalue weighted by Gasteiger charge is -2.30. The smallest absolute Gasteiger partial charge is 0.286 e. The maximum absolute atomic E-state index is 12.7. The molecule has 1 aromatic carbocycles. The fourth-order valence-electron chi connectivity index (χ4n) is 3.47. The lowest BCUT2D eigenvalue weighted by molar-refractivity contribution is 0.102. The van der Waals surface area contributed by atoms with Crippen molar-refractivity contribution in [1.29, 1.82) is 0 Å². The van der Waals surface area contributed by atoms with Crippen LogP contribution in [0.5, 0.6) is 0 Å². The first-order valence-electron chi connectivity index (χ1n) is 9.05. The highest BCUT2D eigenvalue weighted by Crippen LogP contribution is 2.38. The third-order valence-corrected chi connectivity index (χ3v) is 6.46. The number of nitrogens with one attached hydrogen (secondary N) is 1. The van der Waals surface area contributed by atoms with Gasteiger partial charge in [-0.15, -0.1) is 4.40 Å². The normalized spacial score (nSPS) is 17.8. The molecule has 0 aliphatic carbocycles. The predicted octanol–water partition coefficient (Wildman–Crippen LogP) is 3.78. The zero-order valence-electron chi connectivity index (χ0n) is 15.3. The number of carbonyl (C=O) groups excluding carboxylic acids is 1. The molecule has 1 aromatic heterocycles. The molecule has 4 rings (SSSR count). The molecule has 146 valence electrons. The van der Waals surface area contributed by atoms with E-state index in [1.54, 1.807) is 18.2 Å². The topological polar surface area (TPSA) is 91.7 Å². The second-order valence-corrected chi connectivity index (χ2v) is 8.84. The third kappa shape index (κ3) is 3.49. The van der Waals surface area contributed by atoms with Crippen molar-refractivity contribution in [3.8, 4) is 0 Å². The highest BCUT2D eigenvalue weighted by molar-refractivity contribution is 7.90. The summed E-state index contributed by atoms with van der Waals surface area (Å²) < 4.78 is 29.4. The number of hydrogen-bond donors (Lipinski definition) is 1. The maximum Gasteiger partial charge on any atom is 0.286 e. The van der Waals surface area contributed by atoms with Crippen molar-refractivity contribution < 1.29 is 13.2 Å². The number of anilines is 2. The van der Waals surface area contributed by atoms with Crippen LogP contribution in [0, 0.1) is 6.92 Å². The Labute approximate surface area is 168 Å². The highest BCUT2D eigenvalue weighted by atomic mass is 35.5. The van der Waals surface area contributed by atoms with Gasteiger partial charge in [0.05, 0.1) is 16.3 Å². The number of aromatic nitrogens is 1. The van der Waals surface area contributed by atoms with Crippen LogP contribution in [0.25, 0.3) is 0 Å². The molecule has 9 heteroatoms. The fraction of sp³-hybridized carbons (Fsp3) is 0.316. The minimum atomic E-state index is -3.89. The average Bonchev–Trinajstić information content (AvgIpc) is 2.86. The molecule has 1 fully saturated rings. The van der Waals surface area contributed by atoms with Crippen LogP contribution in [-0.2, 0) is 10.0 Å². The minimum Gasteiger partial charge on any atom is -0.328 e. The van der Waals surface area contributed by atoms with Gasteiger partial charge in [0.2, 0.25) is 0 Å². The number of rotatable bonds is 2. The van der Waals surface area contributed by atoms with Crippen molar-refractivity contribution in [2.24, 2.45) is 4.40 Å². The number of fused-ring (bicyclic) bond motifs is 3. The number of benzene rings is 1. The first-order chi connectivity index (χ1) is 13.3. The molecule has 0 unspecified atom stereocenters. The zero-order valence-corrected chi connectivity index (χ0v) is 16.8. The van der Waals surface area contributed by atoms with Gasteiger partial charge in [-0.05, 0) is 44.0 Å². The van der Waals surface area contributed by atoms with E-state index in [0.29, 0.717) is 30.3 Å². The van der Waals surface area contributed by atoms with E-state index >= 15 is 0 Å². The van der Waals surface area contributed by atoms with Crippen molar-refractivity contribution in [1.82, 2.24) is 4.98 Å². The largest absolute Gasteiger partial charge is 0.328 e. The summed E-state index contributed by atoms with van der Waals surface area (Å²) >= 11 is 6.38. The SMILES string of the molecule is Cc1cccc(NC(=O)c2cc3c(cc2Cl)N2CCCCCC2=NS3(=O)=O)n1. The first kappa shape index (κ1) is 18.9. The second-order valence-electron chi connectivity index (χ2n) is 6.86. The van der Waals surface area contributed by atoms with Crippen LogP contribution in [-0.4, -0.2) is 31.7 Å². The molecule has 2 aliphatic rings. The van der Waals surface area contributed by atoms with E-state index in [1.807, 2.05) is 17.9 Å². The monoisotopic (exact) mass is 418 g/mol. The second kappa shape index (κ2) is 7.18. The Morgan fingerprint density at radius 1 is 1.21 bits per heavy atom. The summed E-state index contributed by atoms with van der Waals surface area (Å²) in [5.41, 5.74) is 1.31. The molecule has 7 nitrogen and oxygen atoms in total. The van der Waals surface area contributed by atoms with Crippen molar-refractivity contribution in [3.63, 3.8) is 0 Å². The lowest BCUT2D eigenvalue weighted by atomic mass is 10.1. The van der Waals surface area contributed by atoms with Gasteiger partial charge in [0, 0.05) is 18.7 Å². The van der Waals surface area contributed by atoms with Gasteiger partial charge in [0.1, 0.15) is 16.5 Å². The number of hydrogen-bond acceptors (Lipinski definition) is 5. The van der Waals surface area contributed by atoms with Crippen molar-refractivity contribution in [2.45, 2.75) is 37.5 Å². The molecule has 1 N–H and O–H groups in total. The molecular weight excluding hydrogens is 400 g/mol. The molecule has 0 saturated carbocycles. The molecule has 2 aliphatic heterocycles. The number of amidine groups is 1. The minimum absolute atomic E-state index is 0.00454. The number of sulfonamides is 1. The van der Waals surface area contributed by atoms with Crippen LogP contribution in [0.3, 0.4) is 0 Å². The Bertz CT molecular complexity index is 1100. The van der Waals surface area contributed by atoms with Crippen LogP contribution in [0.4, 0.5) is 11.5 Å². The Hall–Kier alpha value is -2.45. The Kier molecular flexibility index (Phi) is 4.84. The molecule has 1 amide bonds. The number of halogens is 1. The molecule has 0 spiro atoms. The summed E-state index contributed by atoms with van der Waals surface area (Å²) in [6, 6.07) is 8.09. The van der Waals surface area contributed by atoms with Crippen LogP contribution in [0.2, 0.25) is 5.02 Å². The number of amides is 1. The van der Waals surface area contributed by atoms with Gasteiger partial charge in [0.25, 0.3) is 15.9 Å². The van der Waals surface area contributed by atoms with Gasteiger partial charge in [-0.3, -0.25) is 4.79 Å². The lowest BCUT2D eigenvalue weighted by Crippen LogP contribution is -2.35. The summed E-state index contributed by atoms with van der Waals surface area (Å²) in [6.45, 7) is 2.49. The van der Waals surface area contributed by atoms with Gasteiger partial charge in [0.15, 0.2) is 0 Å². The van der Waals surface area contributed by atoms with Crippen molar-refractivity contribution >= 4 is 44.9 Å². The van der Waals surface area contributed by atoms with Crippen LogP contribution >= 0.6 is 11.6 Å². The van der Waals surface area contributed by atoms with Crippen molar-refractivity contribution in [2.75, 3.05) is 16.8 Å². The van der Waals surface area contributed by atoms with E-state index < -0.39 is 15.9 Å².